The molecule has 1 N–H and O–H groups in total. The summed E-state index contributed by atoms with van der Waals surface area (Å²) in [5.41, 5.74) is 6.90. The lowest BCUT2D eigenvalue weighted by molar-refractivity contribution is 0.632. The number of thioether (sulfide) groups is 1. The molecule has 0 spiro atoms. The Labute approximate surface area is 190 Å². The average Bonchev–Trinajstić information content (AvgIpc) is 3.48. The van der Waals surface area contributed by atoms with Crippen LogP contribution in [0.3, 0.4) is 0 Å². The van der Waals surface area contributed by atoms with Crippen molar-refractivity contribution < 1.29 is 4.42 Å². The smallest absolute Gasteiger partial charge is 0.136 e. The van der Waals surface area contributed by atoms with Gasteiger partial charge >= 0.3 is 0 Å². The molecule has 0 aliphatic carbocycles. The molecule has 0 amide bonds. The van der Waals surface area contributed by atoms with E-state index < -0.39 is 0 Å². The first-order chi connectivity index (χ1) is 15.9. The highest BCUT2D eigenvalue weighted by molar-refractivity contribution is 7.98. The summed E-state index contributed by atoms with van der Waals surface area (Å²) in [6.45, 7) is 0. The largest absolute Gasteiger partial charge is 0.456 e. The number of hydrogen-bond donors (Lipinski definition) is 1. The van der Waals surface area contributed by atoms with Crippen molar-refractivity contribution in [2.75, 3.05) is 0 Å². The normalized spacial score (nSPS) is 11.4. The molecule has 154 valence electrons. The zero-order chi connectivity index (χ0) is 21.3. The van der Waals surface area contributed by atoms with Crippen molar-refractivity contribution in [2.45, 2.75) is 10.6 Å². The molecule has 6 rings (SSSR count). The topological polar surface area (TPSA) is 28.9 Å². The second kappa shape index (κ2) is 8.10. The van der Waals surface area contributed by atoms with E-state index in [9.17, 15) is 0 Å². The predicted molar refractivity (Wildman–Crippen MR) is 135 cm³/mol. The summed E-state index contributed by atoms with van der Waals surface area (Å²) < 4.78 is 6.24. The van der Waals surface area contributed by atoms with Crippen molar-refractivity contribution in [2.24, 2.45) is 0 Å². The lowest BCUT2D eigenvalue weighted by Gasteiger charge is -2.10. The molecule has 0 aliphatic heterocycles. The van der Waals surface area contributed by atoms with Crippen LogP contribution in [0, 0.1) is 0 Å². The minimum atomic E-state index is 0.895. The molecule has 32 heavy (non-hydrogen) atoms. The zero-order valence-corrected chi connectivity index (χ0v) is 18.2. The lowest BCUT2D eigenvalue weighted by Crippen LogP contribution is -1.85. The van der Waals surface area contributed by atoms with Crippen molar-refractivity contribution in [1.29, 1.82) is 0 Å². The SMILES string of the molecule is c1ccc(CSc2ccccc2-c2c[nH]c3cccc(-c4cc5ccccc5o4)c23)cc1. The van der Waals surface area contributed by atoms with Gasteiger partial charge in [0.05, 0.1) is 0 Å². The van der Waals surface area contributed by atoms with Gasteiger partial charge in [-0.15, -0.1) is 11.8 Å². The Hall–Kier alpha value is -3.69. The fourth-order valence-electron chi connectivity index (χ4n) is 4.27. The van der Waals surface area contributed by atoms with Gasteiger partial charge < -0.3 is 9.40 Å². The van der Waals surface area contributed by atoms with E-state index in [1.54, 1.807) is 0 Å². The highest BCUT2D eigenvalue weighted by Gasteiger charge is 2.17. The van der Waals surface area contributed by atoms with E-state index in [0.717, 1.165) is 33.6 Å². The van der Waals surface area contributed by atoms with Crippen LogP contribution in [0.5, 0.6) is 0 Å². The van der Waals surface area contributed by atoms with Gasteiger partial charge in [-0.25, -0.2) is 0 Å². The fraction of sp³-hybridized carbons (Fsp3) is 0.0345. The highest BCUT2D eigenvalue weighted by Crippen LogP contribution is 2.41. The van der Waals surface area contributed by atoms with Crippen LogP contribution in [0.4, 0.5) is 0 Å². The molecule has 2 nitrogen and oxygen atoms in total. The molecule has 0 bridgehead atoms. The summed E-state index contributed by atoms with van der Waals surface area (Å²) in [6.07, 6.45) is 2.12. The van der Waals surface area contributed by atoms with Crippen LogP contribution in [-0.4, -0.2) is 4.98 Å². The standard InChI is InChI=1S/C29H21NOS/c1-2-9-20(10-3-1)19-32-28-16-7-5-12-22(28)24-18-30-25-14-8-13-23(29(24)25)27-17-21-11-4-6-15-26(21)31-27/h1-18,30H,19H2. The summed E-state index contributed by atoms with van der Waals surface area (Å²) in [7, 11) is 0. The molecule has 0 atom stereocenters. The summed E-state index contributed by atoms with van der Waals surface area (Å²) in [4.78, 5) is 4.76. The first kappa shape index (κ1) is 19.0. The van der Waals surface area contributed by atoms with Gasteiger partial charge in [-0.2, -0.15) is 0 Å². The Bertz CT molecular complexity index is 1490. The van der Waals surface area contributed by atoms with Gasteiger partial charge in [0, 0.05) is 44.3 Å². The minimum Gasteiger partial charge on any atom is -0.456 e. The van der Waals surface area contributed by atoms with Crippen LogP contribution in [-0.2, 0) is 5.75 Å². The first-order valence-corrected chi connectivity index (χ1v) is 11.7. The summed E-state index contributed by atoms with van der Waals surface area (Å²) >= 11 is 1.88. The molecule has 0 saturated heterocycles. The maximum absolute atomic E-state index is 6.24. The van der Waals surface area contributed by atoms with Crippen LogP contribution < -0.4 is 0 Å². The van der Waals surface area contributed by atoms with E-state index >= 15 is 0 Å². The Morgan fingerprint density at radius 1 is 0.688 bits per heavy atom. The second-order valence-electron chi connectivity index (χ2n) is 7.85. The van der Waals surface area contributed by atoms with Crippen molar-refractivity contribution in [3.05, 3.63) is 115 Å². The van der Waals surface area contributed by atoms with Crippen LogP contribution in [0.25, 0.3) is 44.3 Å². The molecular weight excluding hydrogens is 410 g/mol. The predicted octanol–water partition coefficient (Wildman–Crippen LogP) is 8.54. The number of rotatable bonds is 5. The van der Waals surface area contributed by atoms with Gasteiger partial charge in [0.25, 0.3) is 0 Å². The molecule has 0 aliphatic rings. The maximum Gasteiger partial charge on any atom is 0.136 e. The molecule has 4 aromatic carbocycles. The Kier molecular flexibility index (Phi) is 4.82. The average molecular weight is 432 g/mol. The summed E-state index contributed by atoms with van der Waals surface area (Å²) in [6, 6.07) is 36.0. The molecular formula is C29H21NOS. The monoisotopic (exact) mass is 431 g/mol. The second-order valence-corrected chi connectivity index (χ2v) is 8.87. The van der Waals surface area contributed by atoms with E-state index in [2.05, 4.69) is 96.1 Å². The number of nitrogens with one attached hydrogen (secondary N) is 1. The molecule has 2 heterocycles. The van der Waals surface area contributed by atoms with Crippen LogP contribution in [0.2, 0.25) is 0 Å². The first-order valence-electron chi connectivity index (χ1n) is 10.7. The highest BCUT2D eigenvalue weighted by atomic mass is 32.2. The summed E-state index contributed by atoms with van der Waals surface area (Å²) in [5, 5.41) is 2.31. The van der Waals surface area contributed by atoms with Gasteiger partial charge in [-0.05, 0) is 35.4 Å². The quantitative estimate of drug-likeness (QED) is 0.277. The number of H-pyrrole nitrogens is 1. The molecule has 0 saturated carbocycles. The van der Waals surface area contributed by atoms with E-state index in [-0.39, 0.29) is 0 Å². The van der Waals surface area contributed by atoms with Crippen LogP contribution >= 0.6 is 11.8 Å². The third kappa shape index (κ3) is 3.41. The van der Waals surface area contributed by atoms with Gasteiger partial charge in [0.15, 0.2) is 0 Å². The van der Waals surface area contributed by atoms with Crippen molar-refractivity contribution in [1.82, 2.24) is 4.98 Å². The number of fused-ring (bicyclic) bond motifs is 2. The minimum absolute atomic E-state index is 0.895. The number of aromatic nitrogens is 1. The zero-order valence-electron chi connectivity index (χ0n) is 17.4. The molecule has 2 aromatic heterocycles. The molecule has 0 unspecified atom stereocenters. The van der Waals surface area contributed by atoms with Gasteiger partial charge in [0.2, 0.25) is 0 Å². The van der Waals surface area contributed by atoms with E-state index in [4.69, 9.17) is 4.42 Å². The Balaban J connectivity index is 1.47. The van der Waals surface area contributed by atoms with E-state index in [0.29, 0.717) is 0 Å². The number of hydrogen-bond acceptors (Lipinski definition) is 2. The molecule has 6 aromatic rings. The number of para-hydroxylation sites is 1. The maximum atomic E-state index is 6.24. The number of benzene rings is 4. The van der Waals surface area contributed by atoms with Crippen molar-refractivity contribution in [3.63, 3.8) is 0 Å². The van der Waals surface area contributed by atoms with Gasteiger partial charge in [0.1, 0.15) is 11.3 Å². The third-order valence-electron chi connectivity index (χ3n) is 5.81. The van der Waals surface area contributed by atoms with E-state index in [1.807, 2.05) is 30.0 Å². The fourth-order valence-corrected chi connectivity index (χ4v) is 5.29. The molecule has 3 heteroatoms. The molecule has 0 fully saturated rings. The Morgan fingerprint density at radius 3 is 2.38 bits per heavy atom. The number of furan rings is 1. The number of aromatic amines is 1. The Morgan fingerprint density at radius 2 is 1.47 bits per heavy atom. The lowest BCUT2D eigenvalue weighted by atomic mass is 9.99. The van der Waals surface area contributed by atoms with E-state index in [1.165, 1.54) is 27.0 Å². The molecule has 0 radical (unpaired) electrons. The van der Waals surface area contributed by atoms with Crippen molar-refractivity contribution >= 4 is 33.6 Å². The van der Waals surface area contributed by atoms with Crippen molar-refractivity contribution in [3.8, 4) is 22.5 Å². The van der Waals surface area contributed by atoms with Gasteiger partial charge in [-0.3, -0.25) is 0 Å². The summed E-state index contributed by atoms with van der Waals surface area (Å²) in [5.74, 6) is 1.84. The third-order valence-corrected chi connectivity index (χ3v) is 6.96. The van der Waals surface area contributed by atoms with Gasteiger partial charge in [-0.1, -0.05) is 78.9 Å². The van der Waals surface area contributed by atoms with Crippen LogP contribution in [0.1, 0.15) is 5.56 Å². The van der Waals surface area contributed by atoms with Crippen LogP contribution in [0.15, 0.2) is 119 Å².